The second kappa shape index (κ2) is 4.41. The molecule has 2 unspecified atom stereocenters. The van der Waals surface area contributed by atoms with Crippen molar-refractivity contribution in [2.75, 3.05) is 0 Å². The summed E-state index contributed by atoms with van der Waals surface area (Å²) in [6.07, 6.45) is -1.01. The molecule has 1 aromatic carbocycles. The van der Waals surface area contributed by atoms with Gasteiger partial charge in [-0.15, -0.1) is 0 Å². The third-order valence-corrected chi connectivity index (χ3v) is 3.83. The number of hydrogen-bond donors (Lipinski definition) is 2. The van der Waals surface area contributed by atoms with Crippen LogP contribution in [-0.4, -0.2) is 32.7 Å². The lowest BCUT2D eigenvalue weighted by Gasteiger charge is -2.44. The summed E-state index contributed by atoms with van der Waals surface area (Å²) in [5.74, 6) is -0.591. The lowest BCUT2D eigenvalue weighted by molar-refractivity contribution is -0.137. The SMILES string of the molecule is [B]C1([B])CCC(N)(c2ccccc2Cl)C(=O)C1O. The Hall–Kier alpha value is -0.770. The topological polar surface area (TPSA) is 63.3 Å². The molecule has 90 valence electrons. The summed E-state index contributed by atoms with van der Waals surface area (Å²) < 4.78 is 0. The molecule has 0 aromatic heterocycles. The maximum atomic E-state index is 12.2. The summed E-state index contributed by atoms with van der Waals surface area (Å²) in [6.45, 7) is 0. The van der Waals surface area contributed by atoms with Crippen molar-refractivity contribution in [3.8, 4) is 0 Å². The fourth-order valence-electron chi connectivity index (χ4n) is 2.25. The predicted molar refractivity (Wildman–Crippen MR) is 71.8 cm³/mol. The minimum absolute atomic E-state index is 0.238. The van der Waals surface area contributed by atoms with E-state index in [0.717, 1.165) is 0 Å². The van der Waals surface area contributed by atoms with E-state index in [0.29, 0.717) is 10.6 Å². The minimum atomic E-state index is -1.49. The Labute approximate surface area is 114 Å². The van der Waals surface area contributed by atoms with Gasteiger partial charge in [0.15, 0.2) is 5.78 Å². The van der Waals surface area contributed by atoms with Crippen molar-refractivity contribution in [2.24, 2.45) is 5.73 Å². The largest absolute Gasteiger partial charge is 0.386 e. The highest BCUT2D eigenvalue weighted by Crippen LogP contribution is 2.44. The fraction of sp³-hybridized carbons (Fsp3) is 0.417. The van der Waals surface area contributed by atoms with Crippen LogP contribution in [0.3, 0.4) is 0 Å². The van der Waals surface area contributed by atoms with E-state index in [1.54, 1.807) is 24.3 Å². The highest BCUT2D eigenvalue weighted by Gasteiger charge is 2.49. The predicted octanol–water partition coefficient (Wildman–Crippen LogP) is 0.671. The Morgan fingerprint density at radius 3 is 2.56 bits per heavy atom. The number of rotatable bonds is 1. The van der Waals surface area contributed by atoms with Crippen LogP contribution in [0, 0.1) is 0 Å². The first kappa shape index (κ1) is 13.7. The van der Waals surface area contributed by atoms with Gasteiger partial charge in [-0.1, -0.05) is 41.4 Å². The Kier molecular flexibility index (Phi) is 3.34. The summed E-state index contributed by atoms with van der Waals surface area (Å²) in [7, 11) is 11.3. The van der Waals surface area contributed by atoms with Gasteiger partial charge in [-0.2, -0.15) is 0 Å². The van der Waals surface area contributed by atoms with Gasteiger partial charge >= 0.3 is 0 Å². The van der Waals surface area contributed by atoms with Crippen molar-refractivity contribution in [1.29, 1.82) is 0 Å². The van der Waals surface area contributed by atoms with E-state index in [1.165, 1.54) is 0 Å². The van der Waals surface area contributed by atoms with Gasteiger partial charge in [-0.05, 0) is 18.1 Å². The number of ketones is 1. The summed E-state index contributed by atoms with van der Waals surface area (Å²) in [6, 6.07) is 6.81. The molecule has 3 nitrogen and oxygen atoms in total. The average molecular weight is 259 g/mol. The summed E-state index contributed by atoms with van der Waals surface area (Å²) >= 11 is 6.05. The number of Topliss-reactive ketones (excluding diaryl/α,β-unsaturated/α-hetero) is 1. The van der Waals surface area contributed by atoms with Crippen LogP contribution in [-0.2, 0) is 10.3 Å². The number of halogens is 1. The highest BCUT2D eigenvalue weighted by molar-refractivity contribution is 6.42. The van der Waals surface area contributed by atoms with E-state index in [1.807, 2.05) is 0 Å². The van der Waals surface area contributed by atoms with Crippen LogP contribution in [0.2, 0.25) is 10.2 Å². The molecule has 6 heteroatoms. The monoisotopic (exact) mass is 259 g/mol. The van der Waals surface area contributed by atoms with E-state index in [-0.39, 0.29) is 12.8 Å². The third kappa shape index (κ3) is 2.00. The molecular weight excluding hydrogens is 247 g/mol. The van der Waals surface area contributed by atoms with Gasteiger partial charge in [0.2, 0.25) is 0 Å². The van der Waals surface area contributed by atoms with Crippen molar-refractivity contribution in [3.63, 3.8) is 0 Å². The van der Waals surface area contributed by atoms with Gasteiger partial charge in [0.25, 0.3) is 0 Å². The maximum absolute atomic E-state index is 12.2. The standard InChI is InChI=1S/C12H12B2ClNO2/c13-12(14)6-5-11(16,9(17)10(12)18)7-3-1-2-4-8(7)15/h1-4,10,18H,5-6,16H2. The molecule has 0 spiro atoms. The molecule has 1 saturated carbocycles. The summed E-state index contributed by atoms with van der Waals surface area (Å²) in [5, 5.41) is 8.83. The maximum Gasteiger partial charge on any atom is 0.184 e. The smallest absolute Gasteiger partial charge is 0.184 e. The van der Waals surface area contributed by atoms with Crippen molar-refractivity contribution in [1.82, 2.24) is 0 Å². The van der Waals surface area contributed by atoms with Crippen LogP contribution in [0.4, 0.5) is 0 Å². The molecule has 1 aromatic rings. The van der Waals surface area contributed by atoms with Gasteiger partial charge in [0.1, 0.15) is 11.6 Å². The van der Waals surface area contributed by atoms with E-state index >= 15 is 0 Å². The fourth-order valence-corrected chi connectivity index (χ4v) is 2.56. The number of aliphatic hydroxyl groups is 1. The molecule has 3 N–H and O–H groups in total. The van der Waals surface area contributed by atoms with Crippen molar-refractivity contribution in [2.45, 2.75) is 29.7 Å². The third-order valence-electron chi connectivity index (χ3n) is 3.50. The number of carbonyl (C=O) groups excluding carboxylic acids is 1. The molecule has 2 atom stereocenters. The Morgan fingerprint density at radius 1 is 1.33 bits per heavy atom. The molecule has 18 heavy (non-hydrogen) atoms. The van der Waals surface area contributed by atoms with Gasteiger partial charge in [0.05, 0.1) is 15.7 Å². The summed E-state index contributed by atoms with van der Waals surface area (Å²) in [4.78, 5) is 12.2. The first-order chi connectivity index (χ1) is 8.29. The van der Waals surface area contributed by atoms with Crippen LogP contribution in [0.1, 0.15) is 18.4 Å². The van der Waals surface area contributed by atoms with Gasteiger partial charge < -0.3 is 10.8 Å². The van der Waals surface area contributed by atoms with Crippen LogP contribution in [0.15, 0.2) is 24.3 Å². The first-order valence-corrected chi connectivity index (χ1v) is 6.01. The average Bonchev–Trinajstić information content (AvgIpc) is 2.33. The van der Waals surface area contributed by atoms with E-state index in [9.17, 15) is 9.90 Å². The molecule has 2 rings (SSSR count). The lowest BCUT2D eigenvalue weighted by Crippen LogP contribution is -2.57. The van der Waals surface area contributed by atoms with Crippen LogP contribution in [0.5, 0.6) is 0 Å². The first-order valence-electron chi connectivity index (χ1n) is 5.63. The number of aliphatic hydroxyl groups excluding tert-OH is 1. The zero-order chi connectivity index (χ0) is 13.6. The van der Waals surface area contributed by atoms with Gasteiger partial charge in [-0.25, -0.2) is 0 Å². The van der Waals surface area contributed by atoms with Crippen LogP contribution < -0.4 is 5.73 Å². The Bertz CT molecular complexity index is 495. The normalized spacial score (nSPS) is 31.3. The van der Waals surface area contributed by atoms with E-state index < -0.39 is 22.6 Å². The molecule has 0 amide bonds. The molecule has 1 fully saturated rings. The highest BCUT2D eigenvalue weighted by atomic mass is 35.5. The molecule has 0 saturated heterocycles. The quantitative estimate of drug-likeness (QED) is 0.729. The number of nitrogens with two attached hydrogens (primary N) is 1. The van der Waals surface area contributed by atoms with Crippen molar-refractivity contribution in [3.05, 3.63) is 34.9 Å². The van der Waals surface area contributed by atoms with Crippen molar-refractivity contribution >= 4 is 33.1 Å². The second-order valence-electron chi connectivity index (χ2n) is 4.83. The van der Waals surface area contributed by atoms with Gasteiger partial charge in [0, 0.05) is 5.02 Å². The minimum Gasteiger partial charge on any atom is -0.386 e. The molecule has 0 bridgehead atoms. The zero-order valence-corrected chi connectivity index (χ0v) is 10.5. The van der Waals surface area contributed by atoms with Gasteiger partial charge in [-0.3, -0.25) is 4.79 Å². The second-order valence-corrected chi connectivity index (χ2v) is 5.24. The summed E-state index contributed by atoms with van der Waals surface area (Å²) in [5.41, 5.74) is 5.29. The molecule has 1 aliphatic carbocycles. The molecule has 0 aliphatic heterocycles. The van der Waals surface area contributed by atoms with Crippen molar-refractivity contribution < 1.29 is 9.90 Å². The lowest BCUT2D eigenvalue weighted by atomic mass is 9.44. The molecule has 1 aliphatic rings. The number of carbonyl (C=O) groups is 1. The van der Waals surface area contributed by atoms with E-state index in [2.05, 4.69) is 0 Å². The number of hydrogen-bond acceptors (Lipinski definition) is 3. The molecule has 4 radical (unpaired) electrons. The zero-order valence-electron chi connectivity index (χ0n) is 9.77. The van der Waals surface area contributed by atoms with Crippen LogP contribution in [0.25, 0.3) is 0 Å². The Balaban J connectivity index is 2.45. The van der Waals surface area contributed by atoms with Crippen LogP contribution >= 0.6 is 11.6 Å². The molecular formula is C12H12B2ClNO2. The Morgan fingerprint density at radius 2 is 1.94 bits per heavy atom. The number of benzene rings is 1. The van der Waals surface area contributed by atoms with E-state index in [4.69, 9.17) is 33.0 Å². The molecule has 0 heterocycles.